The maximum atomic E-state index is 12.1. The molecule has 0 amide bonds. The minimum Gasteiger partial charge on any atom is -0.378 e. The summed E-state index contributed by atoms with van der Waals surface area (Å²) in [4.78, 5) is 16.7. The highest BCUT2D eigenvalue weighted by Crippen LogP contribution is 2.20. The third-order valence-electron chi connectivity index (χ3n) is 3.46. The minimum absolute atomic E-state index is 0.125. The van der Waals surface area contributed by atoms with Crippen molar-refractivity contribution in [2.24, 2.45) is 0 Å². The monoisotopic (exact) mass is 287 g/mol. The second kappa shape index (κ2) is 6.29. The predicted molar refractivity (Wildman–Crippen MR) is 79.3 cm³/mol. The van der Waals surface area contributed by atoms with Gasteiger partial charge in [-0.15, -0.1) is 11.3 Å². The van der Waals surface area contributed by atoms with E-state index in [1.165, 1.54) is 0 Å². The smallest absolute Gasteiger partial charge is 0.168 e. The van der Waals surface area contributed by atoms with Gasteiger partial charge in [0.2, 0.25) is 0 Å². The zero-order valence-corrected chi connectivity index (χ0v) is 12.1. The number of hydrogen-bond donors (Lipinski definition) is 0. The lowest BCUT2D eigenvalue weighted by atomic mass is 10.1. The number of Topliss-reactive ketones (excluding diaryl/α,β-unsaturated/α-hetero) is 1. The van der Waals surface area contributed by atoms with E-state index in [1.54, 1.807) is 11.3 Å². The molecule has 0 bridgehead atoms. The minimum atomic E-state index is 0.125. The number of ketones is 1. The number of nitrogens with zero attached hydrogens (tertiary/aromatic N) is 1. The van der Waals surface area contributed by atoms with Gasteiger partial charge in [0.15, 0.2) is 5.78 Å². The summed E-state index contributed by atoms with van der Waals surface area (Å²) in [5.41, 5.74) is 1.62. The van der Waals surface area contributed by atoms with Crippen LogP contribution < -0.4 is 0 Å². The Balaban J connectivity index is 1.60. The lowest BCUT2D eigenvalue weighted by Crippen LogP contribution is -2.09. The van der Waals surface area contributed by atoms with Crippen molar-refractivity contribution in [1.82, 2.24) is 4.98 Å². The van der Waals surface area contributed by atoms with Crippen LogP contribution in [-0.2, 0) is 17.6 Å². The van der Waals surface area contributed by atoms with Crippen LogP contribution in [0.4, 0.5) is 0 Å². The molecule has 1 aliphatic heterocycles. The molecule has 0 spiro atoms. The van der Waals surface area contributed by atoms with Crippen molar-refractivity contribution in [2.75, 3.05) is 6.61 Å². The quantitative estimate of drug-likeness (QED) is 0.792. The van der Waals surface area contributed by atoms with E-state index in [0.29, 0.717) is 12.5 Å². The van der Waals surface area contributed by atoms with E-state index in [4.69, 9.17) is 4.74 Å². The highest BCUT2D eigenvalue weighted by atomic mass is 32.1. The molecule has 1 aromatic carbocycles. The average Bonchev–Trinajstić information content (AvgIpc) is 3.12. The Morgan fingerprint density at radius 1 is 1.35 bits per heavy atom. The first kappa shape index (κ1) is 13.5. The zero-order valence-electron chi connectivity index (χ0n) is 11.2. The van der Waals surface area contributed by atoms with Crippen LogP contribution >= 0.6 is 11.3 Å². The summed E-state index contributed by atoms with van der Waals surface area (Å²) in [6, 6.07) is 9.39. The van der Waals surface area contributed by atoms with Gasteiger partial charge in [-0.1, -0.05) is 30.3 Å². The standard InChI is InChI=1S/C16H17NO2S/c18-15(12-5-2-1-3-6-12)9-13-11-20-16(17-13)10-14-7-4-8-19-14/h1-3,5-6,11,14H,4,7-10H2. The highest BCUT2D eigenvalue weighted by molar-refractivity contribution is 7.09. The molecule has 3 rings (SSSR count). The number of carbonyl (C=O) groups excluding carboxylic acids is 1. The van der Waals surface area contributed by atoms with Gasteiger partial charge in [0.25, 0.3) is 0 Å². The molecular formula is C16H17NO2S. The molecule has 1 fully saturated rings. The van der Waals surface area contributed by atoms with Gasteiger partial charge in [0, 0.05) is 24.0 Å². The molecule has 2 heterocycles. The summed E-state index contributed by atoms with van der Waals surface area (Å²) >= 11 is 1.63. The number of thiazole rings is 1. The van der Waals surface area contributed by atoms with Crippen molar-refractivity contribution in [3.63, 3.8) is 0 Å². The van der Waals surface area contributed by atoms with E-state index in [2.05, 4.69) is 4.98 Å². The van der Waals surface area contributed by atoms with Gasteiger partial charge < -0.3 is 4.74 Å². The maximum Gasteiger partial charge on any atom is 0.168 e. The van der Waals surface area contributed by atoms with E-state index < -0.39 is 0 Å². The van der Waals surface area contributed by atoms with Crippen molar-refractivity contribution < 1.29 is 9.53 Å². The Labute approximate surface area is 122 Å². The van der Waals surface area contributed by atoms with Crippen LogP contribution in [0, 0.1) is 0 Å². The number of ether oxygens (including phenoxy) is 1. The second-order valence-corrected chi connectivity index (χ2v) is 5.98. The Bertz CT molecular complexity index is 573. The predicted octanol–water partition coefficient (Wildman–Crippen LogP) is 3.29. The lowest BCUT2D eigenvalue weighted by Gasteiger charge is -2.05. The van der Waals surface area contributed by atoms with Crippen molar-refractivity contribution in [2.45, 2.75) is 31.8 Å². The highest BCUT2D eigenvalue weighted by Gasteiger charge is 2.18. The van der Waals surface area contributed by atoms with Crippen LogP contribution in [0.2, 0.25) is 0 Å². The number of aromatic nitrogens is 1. The van der Waals surface area contributed by atoms with Crippen molar-refractivity contribution in [3.8, 4) is 0 Å². The van der Waals surface area contributed by atoms with Gasteiger partial charge in [0.05, 0.1) is 23.2 Å². The Hall–Kier alpha value is -1.52. The van der Waals surface area contributed by atoms with E-state index >= 15 is 0 Å². The molecule has 0 radical (unpaired) electrons. The van der Waals surface area contributed by atoms with E-state index in [-0.39, 0.29) is 5.78 Å². The van der Waals surface area contributed by atoms with Crippen LogP contribution in [0.3, 0.4) is 0 Å². The lowest BCUT2D eigenvalue weighted by molar-refractivity contribution is 0.0992. The normalized spacial score (nSPS) is 18.3. The first-order valence-electron chi connectivity index (χ1n) is 6.94. The molecule has 4 heteroatoms. The molecule has 1 aromatic heterocycles. The van der Waals surface area contributed by atoms with Gasteiger partial charge in [0.1, 0.15) is 0 Å². The van der Waals surface area contributed by atoms with Gasteiger partial charge in [-0.05, 0) is 12.8 Å². The third kappa shape index (κ3) is 3.32. The molecule has 0 aliphatic carbocycles. The van der Waals surface area contributed by atoms with Gasteiger partial charge in [-0.25, -0.2) is 4.98 Å². The molecule has 3 nitrogen and oxygen atoms in total. The Morgan fingerprint density at radius 3 is 2.95 bits per heavy atom. The van der Waals surface area contributed by atoms with E-state index in [0.717, 1.165) is 42.1 Å². The SMILES string of the molecule is O=C(Cc1csc(CC2CCCO2)n1)c1ccccc1. The molecule has 0 saturated carbocycles. The fraction of sp³-hybridized carbons (Fsp3) is 0.375. The van der Waals surface area contributed by atoms with Crippen LogP contribution in [0.25, 0.3) is 0 Å². The zero-order chi connectivity index (χ0) is 13.8. The second-order valence-electron chi connectivity index (χ2n) is 5.04. The van der Waals surface area contributed by atoms with E-state index in [1.807, 2.05) is 35.7 Å². The van der Waals surface area contributed by atoms with Crippen LogP contribution in [0.15, 0.2) is 35.7 Å². The third-order valence-corrected chi connectivity index (χ3v) is 4.38. The number of hydrogen-bond acceptors (Lipinski definition) is 4. The molecule has 1 atom stereocenters. The fourth-order valence-electron chi connectivity index (χ4n) is 2.41. The molecule has 2 aromatic rings. The molecule has 104 valence electrons. The van der Waals surface area contributed by atoms with Crippen LogP contribution in [-0.4, -0.2) is 23.5 Å². The van der Waals surface area contributed by atoms with Gasteiger partial charge in [-0.3, -0.25) is 4.79 Å². The number of carbonyl (C=O) groups is 1. The molecule has 1 unspecified atom stereocenters. The first-order chi connectivity index (χ1) is 9.81. The molecule has 20 heavy (non-hydrogen) atoms. The molecule has 1 aliphatic rings. The number of rotatable bonds is 5. The van der Waals surface area contributed by atoms with Crippen LogP contribution in [0.5, 0.6) is 0 Å². The Kier molecular flexibility index (Phi) is 4.23. The summed E-state index contributed by atoms with van der Waals surface area (Å²) in [7, 11) is 0. The summed E-state index contributed by atoms with van der Waals surface area (Å²) in [6.45, 7) is 0.870. The summed E-state index contributed by atoms with van der Waals surface area (Å²) in [6.07, 6.45) is 3.85. The summed E-state index contributed by atoms with van der Waals surface area (Å²) in [5.74, 6) is 0.125. The Morgan fingerprint density at radius 2 is 2.20 bits per heavy atom. The first-order valence-corrected chi connectivity index (χ1v) is 7.82. The van der Waals surface area contributed by atoms with Crippen molar-refractivity contribution >= 4 is 17.1 Å². The molecule has 1 saturated heterocycles. The maximum absolute atomic E-state index is 12.1. The molecule has 0 N–H and O–H groups in total. The van der Waals surface area contributed by atoms with Gasteiger partial charge >= 0.3 is 0 Å². The van der Waals surface area contributed by atoms with Crippen LogP contribution in [0.1, 0.15) is 33.9 Å². The van der Waals surface area contributed by atoms with E-state index in [9.17, 15) is 4.79 Å². The number of benzene rings is 1. The topological polar surface area (TPSA) is 39.2 Å². The van der Waals surface area contributed by atoms with Gasteiger partial charge in [-0.2, -0.15) is 0 Å². The summed E-state index contributed by atoms with van der Waals surface area (Å²) in [5, 5.41) is 3.07. The fourth-order valence-corrected chi connectivity index (χ4v) is 3.27. The van der Waals surface area contributed by atoms with Crippen molar-refractivity contribution in [3.05, 3.63) is 52.0 Å². The summed E-state index contributed by atoms with van der Waals surface area (Å²) < 4.78 is 5.62. The largest absolute Gasteiger partial charge is 0.378 e. The molecular weight excluding hydrogens is 270 g/mol. The van der Waals surface area contributed by atoms with Crippen molar-refractivity contribution in [1.29, 1.82) is 0 Å². The average molecular weight is 287 g/mol.